The van der Waals surface area contributed by atoms with Gasteiger partial charge in [-0.05, 0) is 17.7 Å². The molecule has 1 aliphatic heterocycles. The number of aliphatic carboxylic acids is 1. The number of carbonyl (C=O) groups excluding carboxylic acids is 1. The van der Waals surface area contributed by atoms with Crippen LogP contribution in [0.4, 0.5) is 4.39 Å². The van der Waals surface area contributed by atoms with Gasteiger partial charge in [-0.1, -0.05) is 12.1 Å². The van der Waals surface area contributed by atoms with E-state index in [1.807, 2.05) is 0 Å². The Balaban J connectivity index is 2.28. The normalized spacial score (nSPS) is 24.2. The van der Waals surface area contributed by atoms with E-state index in [1.165, 1.54) is 24.3 Å². The molecule has 2 unspecified atom stereocenters. The number of amides is 1. The second-order valence-electron chi connectivity index (χ2n) is 3.75. The SMILES string of the molecule is O=C1CC(c2ccc(F)cc2)C(C(=O)O)N1. The van der Waals surface area contributed by atoms with Gasteiger partial charge in [-0.25, -0.2) is 9.18 Å². The van der Waals surface area contributed by atoms with Crippen LogP contribution in [0.1, 0.15) is 17.9 Å². The van der Waals surface area contributed by atoms with Crippen molar-refractivity contribution in [2.45, 2.75) is 18.4 Å². The van der Waals surface area contributed by atoms with Crippen LogP contribution in [-0.4, -0.2) is 23.0 Å². The molecule has 1 fully saturated rings. The summed E-state index contributed by atoms with van der Waals surface area (Å²) in [7, 11) is 0. The molecule has 1 aromatic rings. The number of carboxylic acid groups (broad SMARTS) is 1. The van der Waals surface area contributed by atoms with Gasteiger partial charge in [0.2, 0.25) is 5.91 Å². The average molecular weight is 223 g/mol. The minimum Gasteiger partial charge on any atom is -0.480 e. The first-order chi connectivity index (χ1) is 7.58. The first kappa shape index (κ1) is 10.6. The van der Waals surface area contributed by atoms with Crippen LogP contribution in [0.15, 0.2) is 24.3 Å². The molecule has 1 amide bonds. The number of hydrogen-bond acceptors (Lipinski definition) is 2. The molecule has 0 spiro atoms. The van der Waals surface area contributed by atoms with E-state index in [2.05, 4.69) is 5.32 Å². The standard InChI is InChI=1S/C11H10FNO3/c12-7-3-1-6(2-4-7)8-5-9(14)13-10(8)11(15)16/h1-4,8,10H,5H2,(H,13,14)(H,15,16). The fraction of sp³-hybridized carbons (Fsp3) is 0.273. The van der Waals surface area contributed by atoms with E-state index >= 15 is 0 Å². The van der Waals surface area contributed by atoms with E-state index in [0.29, 0.717) is 5.56 Å². The topological polar surface area (TPSA) is 66.4 Å². The molecule has 0 aromatic heterocycles. The lowest BCUT2D eigenvalue weighted by Gasteiger charge is -2.14. The Kier molecular flexibility index (Phi) is 2.60. The van der Waals surface area contributed by atoms with Crippen LogP contribution in [0.25, 0.3) is 0 Å². The predicted molar refractivity (Wildman–Crippen MR) is 53.3 cm³/mol. The summed E-state index contributed by atoms with van der Waals surface area (Å²) in [5, 5.41) is 11.3. The summed E-state index contributed by atoms with van der Waals surface area (Å²) in [4.78, 5) is 22.1. The van der Waals surface area contributed by atoms with Gasteiger partial charge in [0.05, 0.1) is 0 Å². The van der Waals surface area contributed by atoms with Crippen molar-refractivity contribution in [2.75, 3.05) is 0 Å². The molecule has 2 atom stereocenters. The highest BCUT2D eigenvalue weighted by Crippen LogP contribution is 2.28. The minimum atomic E-state index is -1.07. The van der Waals surface area contributed by atoms with Crippen molar-refractivity contribution in [2.24, 2.45) is 0 Å². The van der Waals surface area contributed by atoms with Crippen LogP contribution in [0.2, 0.25) is 0 Å². The maximum Gasteiger partial charge on any atom is 0.326 e. The fourth-order valence-electron chi connectivity index (χ4n) is 1.90. The maximum absolute atomic E-state index is 12.7. The zero-order valence-corrected chi connectivity index (χ0v) is 8.31. The van der Waals surface area contributed by atoms with Gasteiger partial charge in [0.15, 0.2) is 0 Å². The summed E-state index contributed by atoms with van der Waals surface area (Å²) in [6.07, 6.45) is 0.128. The quantitative estimate of drug-likeness (QED) is 0.782. The molecule has 1 aliphatic rings. The van der Waals surface area contributed by atoms with Crippen molar-refractivity contribution < 1.29 is 19.1 Å². The molecule has 1 saturated heterocycles. The summed E-state index contributed by atoms with van der Waals surface area (Å²) < 4.78 is 12.7. The molecule has 1 heterocycles. The highest BCUT2D eigenvalue weighted by Gasteiger charge is 2.38. The van der Waals surface area contributed by atoms with Crippen LogP contribution in [-0.2, 0) is 9.59 Å². The Morgan fingerprint density at radius 3 is 2.56 bits per heavy atom. The third-order valence-corrected chi connectivity index (χ3v) is 2.69. The molecular weight excluding hydrogens is 213 g/mol. The fourth-order valence-corrected chi connectivity index (χ4v) is 1.90. The first-order valence-electron chi connectivity index (χ1n) is 4.85. The Morgan fingerprint density at radius 2 is 2.00 bits per heavy atom. The molecule has 0 bridgehead atoms. The van der Waals surface area contributed by atoms with Crippen molar-refractivity contribution in [3.05, 3.63) is 35.6 Å². The zero-order chi connectivity index (χ0) is 11.7. The van der Waals surface area contributed by atoms with Crippen LogP contribution in [0.3, 0.4) is 0 Å². The van der Waals surface area contributed by atoms with Gasteiger partial charge in [0.25, 0.3) is 0 Å². The first-order valence-corrected chi connectivity index (χ1v) is 4.85. The number of carboxylic acids is 1. The largest absolute Gasteiger partial charge is 0.480 e. The molecule has 2 N–H and O–H groups in total. The molecule has 2 rings (SSSR count). The van der Waals surface area contributed by atoms with Gasteiger partial charge < -0.3 is 10.4 Å². The Labute approximate surface area is 91.1 Å². The van der Waals surface area contributed by atoms with E-state index in [0.717, 1.165) is 0 Å². The monoisotopic (exact) mass is 223 g/mol. The van der Waals surface area contributed by atoms with E-state index in [4.69, 9.17) is 5.11 Å². The number of nitrogens with one attached hydrogen (secondary N) is 1. The van der Waals surface area contributed by atoms with Gasteiger partial charge >= 0.3 is 5.97 Å². The molecule has 1 aromatic carbocycles. The number of carbonyl (C=O) groups is 2. The van der Waals surface area contributed by atoms with Crippen LogP contribution in [0.5, 0.6) is 0 Å². The second-order valence-corrected chi connectivity index (χ2v) is 3.75. The second kappa shape index (κ2) is 3.92. The Hall–Kier alpha value is -1.91. The third kappa shape index (κ3) is 1.88. The van der Waals surface area contributed by atoms with Crippen LogP contribution in [0, 0.1) is 5.82 Å². The number of hydrogen-bond donors (Lipinski definition) is 2. The van der Waals surface area contributed by atoms with Crippen molar-refractivity contribution in [1.82, 2.24) is 5.32 Å². The molecular formula is C11H10FNO3. The smallest absolute Gasteiger partial charge is 0.326 e. The van der Waals surface area contributed by atoms with Gasteiger partial charge in [0.1, 0.15) is 11.9 Å². The van der Waals surface area contributed by atoms with Gasteiger partial charge in [-0.2, -0.15) is 0 Å². The van der Waals surface area contributed by atoms with E-state index in [1.54, 1.807) is 0 Å². The van der Waals surface area contributed by atoms with Crippen molar-refractivity contribution in [3.63, 3.8) is 0 Å². The average Bonchev–Trinajstić information content (AvgIpc) is 2.61. The van der Waals surface area contributed by atoms with Crippen molar-refractivity contribution >= 4 is 11.9 Å². The lowest BCUT2D eigenvalue weighted by atomic mass is 9.92. The molecule has 0 radical (unpaired) electrons. The lowest BCUT2D eigenvalue weighted by molar-refractivity contribution is -0.140. The van der Waals surface area contributed by atoms with Crippen LogP contribution < -0.4 is 5.32 Å². The number of halogens is 1. The Bertz CT molecular complexity index is 429. The number of rotatable bonds is 2. The molecule has 4 nitrogen and oxygen atoms in total. The molecule has 0 aliphatic carbocycles. The van der Waals surface area contributed by atoms with Gasteiger partial charge in [-0.15, -0.1) is 0 Å². The highest BCUT2D eigenvalue weighted by atomic mass is 19.1. The zero-order valence-electron chi connectivity index (χ0n) is 8.31. The summed E-state index contributed by atoms with van der Waals surface area (Å²) in [5.74, 6) is -2.17. The molecule has 0 saturated carbocycles. The van der Waals surface area contributed by atoms with Gasteiger partial charge in [-0.3, -0.25) is 4.79 Å². The van der Waals surface area contributed by atoms with Crippen molar-refractivity contribution in [3.8, 4) is 0 Å². The van der Waals surface area contributed by atoms with Crippen LogP contribution >= 0.6 is 0 Å². The molecule has 16 heavy (non-hydrogen) atoms. The van der Waals surface area contributed by atoms with Gasteiger partial charge in [0, 0.05) is 12.3 Å². The molecule has 84 valence electrons. The number of benzene rings is 1. The van der Waals surface area contributed by atoms with E-state index in [9.17, 15) is 14.0 Å². The summed E-state index contributed by atoms with van der Waals surface area (Å²) in [5.41, 5.74) is 0.659. The maximum atomic E-state index is 12.7. The molecule has 5 heteroatoms. The highest BCUT2D eigenvalue weighted by molar-refractivity contribution is 5.89. The van der Waals surface area contributed by atoms with E-state index in [-0.39, 0.29) is 18.1 Å². The summed E-state index contributed by atoms with van der Waals surface area (Å²) in [6, 6.07) is 4.62. The summed E-state index contributed by atoms with van der Waals surface area (Å²) in [6.45, 7) is 0. The predicted octanol–water partition coefficient (Wildman–Crippen LogP) is 0.882. The third-order valence-electron chi connectivity index (χ3n) is 2.69. The van der Waals surface area contributed by atoms with E-state index < -0.39 is 17.9 Å². The Morgan fingerprint density at radius 1 is 1.38 bits per heavy atom. The van der Waals surface area contributed by atoms with Crippen molar-refractivity contribution in [1.29, 1.82) is 0 Å². The lowest BCUT2D eigenvalue weighted by Crippen LogP contribution is -2.36. The minimum absolute atomic E-state index is 0.128. The summed E-state index contributed by atoms with van der Waals surface area (Å²) >= 11 is 0.